The van der Waals surface area contributed by atoms with E-state index < -0.39 is 0 Å². The maximum atomic E-state index is 12.9. The number of carbonyl (C=O) groups is 1. The fraction of sp³-hybridized carbons (Fsp3) is 0.0870. The van der Waals surface area contributed by atoms with Crippen molar-refractivity contribution in [2.45, 2.75) is 13.8 Å². The van der Waals surface area contributed by atoms with Crippen LogP contribution in [0.4, 0.5) is 5.69 Å². The van der Waals surface area contributed by atoms with Crippen LogP contribution in [0.1, 0.15) is 21.7 Å². The van der Waals surface area contributed by atoms with Gasteiger partial charge in [-0.2, -0.15) is 4.98 Å². The number of pyridine rings is 2. The van der Waals surface area contributed by atoms with Crippen molar-refractivity contribution in [3.63, 3.8) is 0 Å². The molecule has 0 saturated heterocycles. The summed E-state index contributed by atoms with van der Waals surface area (Å²) in [6, 6.07) is 15.0. The van der Waals surface area contributed by atoms with E-state index in [1.807, 2.05) is 62.4 Å². The fourth-order valence-corrected chi connectivity index (χ4v) is 3.23. The second-order valence-corrected chi connectivity index (χ2v) is 7.17. The zero-order valence-electron chi connectivity index (χ0n) is 16.9. The van der Waals surface area contributed by atoms with E-state index in [2.05, 4.69) is 25.4 Å². The maximum Gasteiger partial charge on any atom is 0.274 e. The van der Waals surface area contributed by atoms with Gasteiger partial charge >= 0.3 is 0 Å². The van der Waals surface area contributed by atoms with Gasteiger partial charge < -0.3 is 9.84 Å². The van der Waals surface area contributed by atoms with Gasteiger partial charge in [-0.05, 0) is 55.8 Å². The Morgan fingerprint density at radius 2 is 1.87 bits per heavy atom. The summed E-state index contributed by atoms with van der Waals surface area (Å²) >= 11 is 0. The molecule has 0 fully saturated rings. The first-order valence-electron chi connectivity index (χ1n) is 9.70. The minimum Gasteiger partial charge on any atom is -0.334 e. The summed E-state index contributed by atoms with van der Waals surface area (Å²) in [5, 5.41) is 7.02. The number of aryl methyl sites for hydroxylation is 2. The number of hydrogen-bond donors (Lipinski definition) is 1. The van der Waals surface area contributed by atoms with Crippen LogP contribution in [-0.4, -0.2) is 30.4 Å². The van der Waals surface area contributed by atoms with Crippen LogP contribution in [0.2, 0.25) is 0 Å². The lowest BCUT2D eigenvalue weighted by Gasteiger charge is -2.09. The molecule has 31 heavy (non-hydrogen) atoms. The van der Waals surface area contributed by atoms with Crippen molar-refractivity contribution >= 4 is 17.2 Å². The number of nitrogens with zero attached hydrogens (tertiary/aromatic N) is 5. The molecular formula is C23H18N6O2. The van der Waals surface area contributed by atoms with Crippen molar-refractivity contribution in [1.82, 2.24) is 24.5 Å². The van der Waals surface area contributed by atoms with Gasteiger partial charge in [0.25, 0.3) is 11.8 Å². The Kier molecular flexibility index (Phi) is 4.51. The molecule has 5 rings (SSSR count). The van der Waals surface area contributed by atoms with Crippen LogP contribution in [0.5, 0.6) is 0 Å². The zero-order chi connectivity index (χ0) is 21.4. The number of aromatic nitrogens is 5. The van der Waals surface area contributed by atoms with Crippen molar-refractivity contribution in [3.05, 3.63) is 84.1 Å². The number of hydrogen-bond acceptors (Lipinski definition) is 6. The van der Waals surface area contributed by atoms with E-state index in [0.29, 0.717) is 34.3 Å². The average molecular weight is 410 g/mol. The van der Waals surface area contributed by atoms with Gasteiger partial charge in [-0.1, -0.05) is 17.3 Å². The minimum absolute atomic E-state index is 0.254. The summed E-state index contributed by atoms with van der Waals surface area (Å²) in [5.74, 6) is 0.566. The number of anilines is 1. The molecule has 0 aliphatic heterocycles. The first kappa shape index (κ1) is 18.7. The molecule has 4 aromatic heterocycles. The van der Waals surface area contributed by atoms with E-state index in [1.54, 1.807) is 23.0 Å². The number of carbonyl (C=O) groups excluding carboxylic acids is 1. The van der Waals surface area contributed by atoms with Gasteiger partial charge in [0.15, 0.2) is 0 Å². The van der Waals surface area contributed by atoms with E-state index in [9.17, 15) is 4.79 Å². The Morgan fingerprint density at radius 3 is 2.71 bits per heavy atom. The van der Waals surface area contributed by atoms with Crippen LogP contribution in [-0.2, 0) is 0 Å². The molecule has 5 aromatic rings. The highest BCUT2D eigenvalue weighted by molar-refractivity contribution is 6.04. The van der Waals surface area contributed by atoms with Gasteiger partial charge in [0.2, 0.25) is 5.82 Å². The molecule has 1 amide bonds. The van der Waals surface area contributed by atoms with Crippen molar-refractivity contribution in [1.29, 1.82) is 0 Å². The van der Waals surface area contributed by atoms with Crippen LogP contribution in [0.3, 0.4) is 0 Å². The van der Waals surface area contributed by atoms with Gasteiger partial charge in [0, 0.05) is 34.9 Å². The third-order valence-electron chi connectivity index (χ3n) is 4.98. The molecule has 0 atom stereocenters. The number of imidazole rings is 1. The highest BCUT2D eigenvalue weighted by Crippen LogP contribution is 2.27. The number of amides is 1. The summed E-state index contributed by atoms with van der Waals surface area (Å²) < 4.78 is 7.19. The van der Waals surface area contributed by atoms with E-state index in [1.165, 1.54) is 0 Å². The van der Waals surface area contributed by atoms with Crippen molar-refractivity contribution in [2.24, 2.45) is 0 Å². The molecule has 0 radical (unpaired) electrons. The molecule has 0 aliphatic rings. The monoisotopic (exact) mass is 410 g/mol. The molecule has 152 valence electrons. The van der Waals surface area contributed by atoms with Gasteiger partial charge in [-0.25, -0.2) is 4.98 Å². The number of fused-ring (bicyclic) bond motifs is 1. The second kappa shape index (κ2) is 7.49. The average Bonchev–Trinajstić information content (AvgIpc) is 3.43. The van der Waals surface area contributed by atoms with Crippen molar-refractivity contribution in [2.75, 3.05) is 5.32 Å². The minimum atomic E-state index is -0.254. The Hall–Kier alpha value is -4.33. The van der Waals surface area contributed by atoms with E-state index in [0.717, 1.165) is 16.8 Å². The second-order valence-electron chi connectivity index (χ2n) is 7.17. The number of nitrogens with one attached hydrogen (secondary N) is 1. The van der Waals surface area contributed by atoms with E-state index in [-0.39, 0.29) is 5.91 Å². The predicted octanol–water partition coefficient (Wildman–Crippen LogP) is 4.32. The Morgan fingerprint density at radius 1 is 1.00 bits per heavy atom. The normalized spacial score (nSPS) is 11.0. The van der Waals surface area contributed by atoms with Gasteiger partial charge in [-0.3, -0.25) is 14.2 Å². The maximum absolute atomic E-state index is 12.9. The van der Waals surface area contributed by atoms with Crippen LogP contribution < -0.4 is 5.32 Å². The topological polar surface area (TPSA) is 98.2 Å². The third-order valence-corrected chi connectivity index (χ3v) is 4.98. The van der Waals surface area contributed by atoms with E-state index in [4.69, 9.17) is 4.52 Å². The van der Waals surface area contributed by atoms with Crippen molar-refractivity contribution in [3.8, 4) is 22.8 Å². The Balaban J connectivity index is 1.43. The Bertz CT molecular complexity index is 1400. The SMILES string of the molecule is Cc1ccc(-c2noc(-c3ccc(C)c(NC(=O)c4cnc5ccccn45)c3)n2)cn1. The molecule has 8 nitrogen and oxygen atoms in total. The standard InChI is InChI=1S/C23H18N6O2/c1-14-6-8-16(23-27-21(28-31-23)17-9-7-15(2)24-12-17)11-18(14)26-22(30)19-13-25-20-5-3-4-10-29(19)20/h3-13H,1-2H3,(H,26,30). The van der Waals surface area contributed by atoms with Crippen LogP contribution in [0.25, 0.3) is 28.5 Å². The van der Waals surface area contributed by atoms with E-state index >= 15 is 0 Å². The zero-order valence-corrected chi connectivity index (χ0v) is 16.9. The first-order chi connectivity index (χ1) is 15.1. The fourth-order valence-electron chi connectivity index (χ4n) is 3.23. The lowest BCUT2D eigenvalue weighted by Crippen LogP contribution is -2.15. The largest absolute Gasteiger partial charge is 0.334 e. The highest BCUT2D eigenvalue weighted by Gasteiger charge is 2.16. The highest BCUT2D eigenvalue weighted by atomic mass is 16.5. The lowest BCUT2D eigenvalue weighted by molar-refractivity contribution is 0.102. The molecule has 0 bridgehead atoms. The molecule has 0 unspecified atom stereocenters. The molecule has 1 aromatic carbocycles. The van der Waals surface area contributed by atoms with Gasteiger partial charge in [0.05, 0.1) is 6.20 Å². The molecular weight excluding hydrogens is 392 g/mol. The molecule has 0 aliphatic carbocycles. The summed E-state index contributed by atoms with van der Waals surface area (Å²) in [6.45, 7) is 3.84. The summed E-state index contributed by atoms with van der Waals surface area (Å²) in [4.78, 5) is 25.9. The quantitative estimate of drug-likeness (QED) is 0.474. The third kappa shape index (κ3) is 3.55. The summed E-state index contributed by atoms with van der Waals surface area (Å²) in [7, 11) is 0. The molecule has 8 heteroatoms. The molecule has 4 heterocycles. The number of benzene rings is 1. The predicted molar refractivity (Wildman–Crippen MR) is 116 cm³/mol. The van der Waals surface area contributed by atoms with Crippen LogP contribution >= 0.6 is 0 Å². The lowest BCUT2D eigenvalue weighted by atomic mass is 10.1. The van der Waals surface area contributed by atoms with Crippen molar-refractivity contribution < 1.29 is 9.32 Å². The van der Waals surface area contributed by atoms with Gasteiger partial charge in [-0.15, -0.1) is 0 Å². The smallest absolute Gasteiger partial charge is 0.274 e. The summed E-state index contributed by atoms with van der Waals surface area (Å²) in [6.07, 6.45) is 5.07. The van der Waals surface area contributed by atoms with Crippen LogP contribution in [0.15, 0.2) is 71.6 Å². The first-order valence-corrected chi connectivity index (χ1v) is 9.70. The molecule has 0 spiro atoms. The molecule has 0 saturated carbocycles. The number of rotatable bonds is 4. The molecule has 1 N–H and O–H groups in total. The van der Waals surface area contributed by atoms with Crippen LogP contribution in [0, 0.1) is 13.8 Å². The van der Waals surface area contributed by atoms with Gasteiger partial charge in [0.1, 0.15) is 11.3 Å². The Labute approximate surface area is 177 Å². The summed E-state index contributed by atoms with van der Waals surface area (Å²) in [5.41, 5.74) is 5.12.